The Morgan fingerprint density at radius 3 is 2.64 bits per heavy atom. The summed E-state index contributed by atoms with van der Waals surface area (Å²) in [5.41, 5.74) is 1.14. The molecule has 0 fully saturated rings. The minimum Gasteiger partial charge on any atom is -0.352 e. The van der Waals surface area contributed by atoms with E-state index in [1.807, 2.05) is 5.38 Å². The highest BCUT2D eigenvalue weighted by molar-refractivity contribution is 7.08. The molecule has 0 aliphatic heterocycles. The smallest absolute Gasteiger partial charge is 0.252 e. The van der Waals surface area contributed by atoms with Gasteiger partial charge in [0.25, 0.3) is 5.91 Å². The van der Waals surface area contributed by atoms with Crippen LogP contribution in [0.15, 0.2) is 35.0 Å². The summed E-state index contributed by atoms with van der Waals surface area (Å²) in [5, 5.41) is 6.35. The number of thiophene rings is 1. The monoisotopic (exact) mass is 366 g/mol. The average molecular weight is 366 g/mol. The predicted octanol–water partition coefficient (Wildman–Crippen LogP) is 3.76. The quantitative estimate of drug-likeness (QED) is 0.759. The summed E-state index contributed by atoms with van der Waals surface area (Å²) in [7, 11) is 1.62. The van der Waals surface area contributed by atoms with Crippen molar-refractivity contribution in [3.63, 3.8) is 0 Å². The van der Waals surface area contributed by atoms with Gasteiger partial charge in [-0.25, -0.2) is 8.78 Å². The molecule has 134 valence electrons. The minimum absolute atomic E-state index is 0.123. The summed E-state index contributed by atoms with van der Waals surface area (Å²) >= 11 is 1.45. The largest absolute Gasteiger partial charge is 0.352 e. The number of hydrogen-bond acceptors (Lipinski definition) is 3. The van der Waals surface area contributed by atoms with Crippen LogP contribution >= 0.6 is 11.3 Å². The van der Waals surface area contributed by atoms with Crippen LogP contribution in [0.4, 0.5) is 8.78 Å². The molecule has 2 aromatic rings. The van der Waals surface area contributed by atoms with Crippen molar-refractivity contribution in [1.82, 2.24) is 10.2 Å². The maximum absolute atomic E-state index is 13.3. The first-order chi connectivity index (χ1) is 11.9. The Kier molecular flexibility index (Phi) is 6.64. The van der Waals surface area contributed by atoms with E-state index in [4.69, 9.17) is 0 Å². The summed E-state index contributed by atoms with van der Waals surface area (Å²) in [6, 6.07) is 4.99. The molecular weight excluding hydrogens is 346 g/mol. The lowest BCUT2D eigenvalue weighted by molar-refractivity contribution is -0.131. The van der Waals surface area contributed by atoms with Crippen LogP contribution < -0.4 is 5.32 Å². The number of halogens is 2. The number of hydrogen-bond donors (Lipinski definition) is 1. The number of carbonyl (C=O) groups excluding carboxylic acids is 2. The fourth-order valence-electron chi connectivity index (χ4n) is 2.33. The van der Waals surface area contributed by atoms with Gasteiger partial charge < -0.3 is 10.2 Å². The fourth-order valence-corrected chi connectivity index (χ4v) is 2.96. The first kappa shape index (κ1) is 19.1. The number of rotatable bonds is 7. The highest BCUT2D eigenvalue weighted by atomic mass is 32.1. The molecule has 0 aliphatic rings. The van der Waals surface area contributed by atoms with Gasteiger partial charge in [0, 0.05) is 31.0 Å². The molecule has 0 aliphatic carbocycles. The molecule has 1 N–H and O–H groups in total. The standard InChI is InChI=1S/C18H20F2N2O2S/c1-12(13-5-6-15(19)16(20)10-13)22(2)17(23)4-3-8-21-18(24)14-7-9-25-11-14/h5-7,9-12H,3-4,8H2,1-2H3,(H,21,24). The van der Waals surface area contributed by atoms with E-state index < -0.39 is 11.6 Å². The van der Waals surface area contributed by atoms with E-state index in [1.54, 1.807) is 25.4 Å². The van der Waals surface area contributed by atoms with Gasteiger partial charge in [0.1, 0.15) is 0 Å². The lowest BCUT2D eigenvalue weighted by Gasteiger charge is -2.25. The lowest BCUT2D eigenvalue weighted by atomic mass is 10.1. The molecule has 0 saturated heterocycles. The van der Waals surface area contributed by atoms with Crippen LogP contribution in [0.2, 0.25) is 0 Å². The molecule has 25 heavy (non-hydrogen) atoms. The van der Waals surface area contributed by atoms with Crippen molar-refractivity contribution in [1.29, 1.82) is 0 Å². The van der Waals surface area contributed by atoms with E-state index in [1.165, 1.54) is 22.3 Å². The van der Waals surface area contributed by atoms with Gasteiger partial charge in [0.05, 0.1) is 6.04 Å². The molecule has 0 radical (unpaired) electrons. The third-order valence-electron chi connectivity index (χ3n) is 4.04. The van der Waals surface area contributed by atoms with Gasteiger partial charge in [-0.05, 0) is 42.5 Å². The molecule has 1 aromatic heterocycles. The summed E-state index contributed by atoms with van der Waals surface area (Å²) in [6.45, 7) is 2.15. The molecule has 1 aromatic carbocycles. The minimum atomic E-state index is -0.929. The second kappa shape index (κ2) is 8.71. The second-order valence-electron chi connectivity index (χ2n) is 5.73. The molecule has 2 rings (SSSR count). The van der Waals surface area contributed by atoms with Gasteiger partial charge in [-0.2, -0.15) is 11.3 Å². The van der Waals surface area contributed by atoms with Crippen molar-refractivity contribution in [2.45, 2.75) is 25.8 Å². The van der Waals surface area contributed by atoms with Crippen LogP contribution in [0.1, 0.15) is 41.7 Å². The number of amides is 2. The first-order valence-corrected chi connectivity index (χ1v) is 8.85. The van der Waals surface area contributed by atoms with Gasteiger partial charge in [-0.1, -0.05) is 6.07 Å². The van der Waals surface area contributed by atoms with Crippen molar-refractivity contribution >= 4 is 23.2 Å². The van der Waals surface area contributed by atoms with Crippen molar-refractivity contribution < 1.29 is 18.4 Å². The third kappa shape index (κ3) is 5.09. The van der Waals surface area contributed by atoms with Gasteiger partial charge in [0.15, 0.2) is 11.6 Å². The van der Waals surface area contributed by atoms with E-state index in [2.05, 4.69) is 5.32 Å². The Morgan fingerprint density at radius 1 is 1.24 bits per heavy atom. The zero-order chi connectivity index (χ0) is 18.4. The molecule has 1 heterocycles. The van der Waals surface area contributed by atoms with Crippen molar-refractivity contribution in [2.24, 2.45) is 0 Å². The van der Waals surface area contributed by atoms with E-state index >= 15 is 0 Å². The molecule has 2 amide bonds. The Labute approximate surface area is 149 Å². The normalized spacial score (nSPS) is 11.8. The maximum atomic E-state index is 13.3. The van der Waals surface area contributed by atoms with Crippen molar-refractivity contribution in [2.75, 3.05) is 13.6 Å². The first-order valence-electron chi connectivity index (χ1n) is 7.91. The van der Waals surface area contributed by atoms with E-state index in [0.717, 1.165) is 12.1 Å². The average Bonchev–Trinajstić information content (AvgIpc) is 3.14. The fraction of sp³-hybridized carbons (Fsp3) is 0.333. The third-order valence-corrected chi connectivity index (χ3v) is 4.72. The SMILES string of the molecule is CC(c1ccc(F)c(F)c1)N(C)C(=O)CCCNC(=O)c1ccsc1. The summed E-state index contributed by atoms with van der Waals surface area (Å²) in [6.07, 6.45) is 0.762. The number of benzene rings is 1. The van der Waals surface area contributed by atoms with Crippen LogP contribution in [-0.4, -0.2) is 30.3 Å². The summed E-state index contributed by atoms with van der Waals surface area (Å²) in [5.74, 6) is -2.12. The maximum Gasteiger partial charge on any atom is 0.252 e. The van der Waals surface area contributed by atoms with Crippen molar-refractivity contribution in [3.05, 3.63) is 57.8 Å². The highest BCUT2D eigenvalue weighted by Crippen LogP contribution is 2.21. The second-order valence-corrected chi connectivity index (χ2v) is 6.51. The summed E-state index contributed by atoms with van der Waals surface area (Å²) < 4.78 is 26.3. The van der Waals surface area contributed by atoms with Gasteiger partial charge >= 0.3 is 0 Å². The van der Waals surface area contributed by atoms with Gasteiger partial charge in [-0.3, -0.25) is 9.59 Å². The van der Waals surface area contributed by atoms with Crippen LogP contribution in [0.3, 0.4) is 0 Å². The summed E-state index contributed by atoms with van der Waals surface area (Å²) in [4.78, 5) is 25.5. The topological polar surface area (TPSA) is 49.4 Å². The highest BCUT2D eigenvalue weighted by Gasteiger charge is 2.18. The Morgan fingerprint density at radius 2 is 2.00 bits per heavy atom. The van der Waals surface area contributed by atoms with Crippen LogP contribution in [0, 0.1) is 11.6 Å². The van der Waals surface area contributed by atoms with E-state index in [0.29, 0.717) is 24.1 Å². The zero-order valence-electron chi connectivity index (χ0n) is 14.1. The van der Waals surface area contributed by atoms with E-state index in [9.17, 15) is 18.4 Å². The van der Waals surface area contributed by atoms with Crippen molar-refractivity contribution in [3.8, 4) is 0 Å². The van der Waals surface area contributed by atoms with Crippen LogP contribution in [-0.2, 0) is 4.79 Å². The molecule has 1 unspecified atom stereocenters. The Hall–Kier alpha value is -2.28. The van der Waals surface area contributed by atoms with Gasteiger partial charge in [0.2, 0.25) is 5.91 Å². The molecule has 0 saturated carbocycles. The predicted molar refractivity (Wildman–Crippen MR) is 93.4 cm³/mol. The number of nitrogens with zero attached hydrogens (tertiary/aromatic N) is 1. The molecule has 1 atom stereocenters. The molecule has 0 spiro atoms. The molecule has 7 heteroatoms. The lowest BCUT2D eigenvalue weighted by Crippen LogP contribution is -2.31. The Bertz CT molecular complexity index is 735. The number of carbonyl (C=O) groups is 2. The zero-order valence-corrected chi connectivity index (χ0v) is 14.9. The molecular formula is C18H20F2N2O2S. The molecule has 0 bridgehead atoms. The van der Waals surface area contributed by atoms with Crippen LogP contribution in [0.25, 0.3) is 0 Å². The number of nitrogens with one attached hydrogen (secondary N) is 1. The Balaban J connectivity index is 1.79. The van der Waals surface area contributed by atoms with Gasteiger partial charge in [-0.15, -0.1) is 0 Å². The van der Waals surface area contributed by atoms with Crippen LogP contribution in [0.5, 0.6) is 0 Å². The molecule has 4 nitrogen and oxygen atoms in total. The van der Waals surface area contributed by atoms with E-state index in [-0.39, 0.29) is 24.3 Å².